The molecule has 0 saturated carbocycles. The highest BCUT2D eigenvalue weighted by atomic mass is 35.5. The van der Waals surface area contributed by atoms with Gasteiger partial charge in [-0.1, -0.05) is 6.92 Å². The van der Waals surface area contributed by atoms with Gasteiger partial charge in [0.1, 0.15) is 10.6 Å². The van der Waals surface area contributed by atoms with Gasteiger partial charge in [-0.25, -0.2) is 17.9 Å². The summed E-state index contributed by atoms with van der Waals surface area (Å²) < 4.78 is 32.6. The summed E-state index contributed by atoms with van der Waals surface area (Å²) in [6.45, 7) is 5.52. The van der Waals surface area contributed by atoms with Gasteiger partial charge in [0.05, 0.1) is 12.7 Å². The second-order valence-corrected chi connectivity index (χ2v) is 8.18. The molecule has 1 saturated heterocycles. The van der Waals surface area contributed by atoms with Crippen LogP contribution in [-0.4, -0.2) is 57.7 Å². The van der Waals surface area contributed by atoms with E-state index in [4.69, 9.17) is 9.84 Å². The first-order valence-electron chi connectivity index (χ1n) is 8.47. The second-order valence-electron chi connectivity index (χ2n) is 6.45. The number of methoxy groups -OCH3 is 1. The summed E-state index contributed by atoms with van der Waals surface area (Å²) >= 11 is 0. The van der Waals surface area contributed by atoms with Gasteiger partial charge < -0.3 is 14.7 Å². The third-order valence-electron chi connectivity index (χ3n) is 4.52. The van der Waals surface area contributed by atoms with E-state index in [2.05, 4.69) is 16.5 Å². The van der Waals surface area contributed by atoms with Gasteiger partial charge >= 0.3 is 5.97 Å². The molecule has 2 rings (SSSR count). The number of sulfonamides is 1. The molecule has 1 fully saturated rings. The number of carboxylic acid groups (broad SMARTS) is 1. The molecule has 0 unspecified atom stereocenters. The number of nitrogens with one attached hydrogen (secondary N) is 1. The van der Waals surface area contributed by atoms with Crippen LogP contribution in [0.15, 0.2) is 23.1 Å². The van der Waals surface area contributed by atoms with E-state index in [1.54, 1.807) is 0 Å². The molecule has 9 heteroatoms. The molecule has 1 aromatic carbocycles. The van der Waals surface area contributed by atoms with E-state index in [1.807, 2.05) is 0 Å². The highest BCUT2D eigenvalue weighted by molar-refractivity contribution is 7.89. The summed E-state index contributed by atoms with van der Waals surface area (Å²) in [5, 5.41) is 9.05. The maximum atomic E-state index is 12.5. The highest BCUT2D eigenvalue weighted by Gasteiger charge is 2.21. The van der Waals surface area contributed by atoms with E-state index in [9.17, 15) is 13.2 Å². The zero-order valence-electron chi connectivity index (χ0n) is 15.1. The van der Waals surface area contributed by atoms with Gasteiger partial charge in [-0.2, -0.15) is 0 Å². The largest absolute Gasteiger partial charge is 0.495 e. The van der Waals surface area contributed by atoms with Crippen LogP contribution in [0.3, 0.4) is 0 Å². The van der Waals surface area contributed by atoms with E-state index in [1.165, 1.54) is 32.1 Å². The molecule has 26 heavy (non-hydrogen) atoms. The monoisotopic (exact) mass is 406 g/mol. The Morgan fingerprint density at radius 1 is 1.35 bits per heavy atom. The Labute approximate surface area is 161 Å². The van der Waals surface area contributed by atoms with Gasteiger partial charge in [0, 0.05) is 6.54 Å². The van der Waals surface area contributed by atoms with Crippen molar-refractivity contribution in [1.82, 2.24) is 9.62 Å². The van der Waals surface area contributed by atoms with Crippen LogP contribution in [0.4, 0.5) is 0 Å². The normalized spacial score (nSPS) is 16.1. The lowest BCUT2D eigenvalue weighted by molar-refractivity contribution is 0.0696. The molecule has 0 atom stereocenters. The van der Waals surface area contributed by atoms with Gasteiger partial charge in [-0.05, 0) is 63.0 Å². The van der Waals surface area contributed by atoms with Crippen LogP contribution in [0.5, 0.6) is 5.75 Å². The molecule has 1 aliphatic heterocycles. The van der Waals surface area contributed by atoms with Gasteiger partial charge in [0.25, 0.3) is 0 Å². The number of likely N-dealkylation sites (tertiary alicyclic amines) is 1. The number of hydrogen-bond acceptors (Lipinski definition) is 5. The Morgan fingerprint density at radius 3 is 2.58 bits per heavy atom. The average molecular weight is 407 g/mol. The minimum Gasteiger partial charge on any atom is -0.495 e. The first-order chi connectivity index (χ1) is 11.8. The molecule has 0 amide bonds. The first-order valence-corrected chi connectivity index (χ1v) is 9.95. The Hall–Kier alpha value is -1.35. The van der Waals surface area contributed by atoms with E-state index in [-0.39, 0.29) is 28.6 Å². The summed E-state index contributed by atoms with van der Waals surface area (Å²) in [5.41, 5.74) is -0.0939. The fourth-order valence-electron chi connectivity index (χ4n) is 2.89. The number of halogens is 1. The number of carbonyl (C=O) groups is 1. The Morgan fingerprint density at radius 2 is 2.00 bits per heavy atom. The zero-order valence-corrected chi connectivity index (χ0v) is 16.7. The quantitative estimate of drug-likeness (QED) is 0.642. The number of aromatic carboxylic acids is 1. The predicted molar refractivity (Wildman–Crippen MR) is 102 cm³/mol. The number of piperidine rings is 1. The maximum Gasteiger partial charge on any atom is 0.335 e. The van der Waals surface area contributed by atoms with Crippen LogP contribution in [0, 0.1) is 5.92 Å². The van der Waals surface area contributed by atoms with Crippen molar-refractivity contribution in [3.8, 4) is 5.75 Å². The smallest absolute Gasteiger partial charge is 0.335 e. The maximum absolute atomic E-state index is 12.5. The Kier molecular flexibility index (Phi) is 8.82. The van der Waals surface area contributed by atoms with Crippen molar-refractivity contribution in [2.75, 3.05) is 33.3 Å². The number of hydrogen-bond donors (Lipinski definition) is 2. The molecule has 0 radical (unpaired) electrons. The number of carboxylic acids is 1. The molecule has 0 bridgehead atoms. The van der Waals surface area contributed by atoms with E-state index in [0.717, 1.165) is 31.6 Å². The van der Waals surface area contributed by atoms with Gasteiger partial charge in [-0.15, -0.1) is 12.4 Å². The highest BCUT2D eigenvalue weighted by Crippen LogP contribution is 2.25. The van der Waals surface area contributed by atoms with Crippen LogP contribution in [0.2, 0.25) is 0 Å². The van der Waals surface area contributed by atoms with Crippen molar-refractivity contribution in [2.45, 2.75) is 31.1 Å². The van der Waals surface area contributed by atoms with Crippen molar-refractivity contribution >= 4 is 28.4 Å². The van der Waals surface area contributed by atoms with Crippen molar-refractivity contribution < 1.29 is 23.1 Å². The molecule has 0 spiro atoms. The number of ether oxygens (including phenoxy) is 1. The molecular formula is C17H27ClN2O5S. The van der Waals surface area contributed by atoms with Crippen molar-refractivity contribution in [3.05, 3.63) is 23.8 Å². The third-order valence-corrected chi connectivity index (χ3v) is 6.00. The Bertz CT molecular complexity index is 703. The summed E-state index contributed by atoms with van der Waals surface area (Å²) in [5.74, 6) is -0.287. The zero-order chi connectivity index (χ0) is 18.4. The minimum atomic E-state index is -3.83. The van der Waals surface area contributed by atoms with Crippen molar-refractivity contribution in [1.29, 1.82) is 0 Å². The average Bonchev–Trinajstić information content (AvgIpc) is 2.59. The van der Waals surface area contributed by atoms with E-state index < -0.39 is 16.0 Å². The summed E-state index contributed by atoms with van der Waals surface area (Å²) in [4.78, 5) is 13.3. The SMILES string of the molecule is COc1ccc(C(=O)O)cc1S(=O)(=O)NCCCN1CCC(C)CC1.Cl. The van der Waals surface area contributed by atoms with Crippen LogP contribution in [0.1, 0.15) is 36.5 Å². The van der Waals surface area contributed by atoms with Crippen LogP contribution in [-0.2, 0) is 10.0 Å². The molecule has 1 aromatic rings. The van der Waals surface area contributed by atoms with E-state index >= 15 is 0 Å². The van der Waals surface area contributed by atoms with Crippen LogP contribution in [0.25, 0.3) is 0 Å². The molecule has 0 aliphatic carbocycles. The number of benzene rings is 1. The molecule has 7 nitrogen and oxygen atoms in total. The van der Waals surface area contributed by atoms with Crippen LogP contribution < -0.4 is 9.46 Å². The molecule has 1 heterocycles. The topological polar surface area (TPSA) is 95.9 Å². The fraction of sp³-hybridized carbons (Fsp3) is 0.588. The standard InChI is InChI=1S/C17H26N2O5S.ClH/c1-13-6-10-19(11-7-13)9-3-8-18-25(22,23)16-12-14(17(20)21)4-5-15(16)24-2;/h4-5,12-13,18H,3,6-11H2,1-2H3,(H,20,21);1H. The third kappa shape index (κ3) is 6.12. The van der Waals surface area contributed by atoms with Gasteiger partial charge in [-0.3, -0.25) is 0 Å². The summed E-state index contributed by atoms with van der Waals surface area (Å²) in [7, 11) is -2.47. The molecule has 2 N–H and O–H groups in total. The minimum absolute atomic E-state index is 0. The number of rotatable bonds is 8. The van der Waals surface area contributed by atoms with Crippen LogP contribution >= 0.6 is 12.4 Å². The van der Waals surface area contributed by atoms with Gasteiger partial charge in [0.15, 0.2) is 0 Å². The van der Waals surface area contributed by atoms with Crippen molar-refractivity contribution in [2.24, 2.45) is 5.92 Å². The molecular weight excluding hydrogens is 380 g/mol. The van der Waals surface area contributed by atoms with Crippen molar-refractivity contribution in [3.63, 3.8) is 0 Å². The lowest BCUT2D eigenvalue weighted by Crippen LogP contribution is -2.35. The van der Waals surface area contributed by atoms with Gasteiger partial charge in [0.2, 0.25) is 10.0 Å². The van der Waals surface area contributed by atoms with E-state index in [0.29, 0.717) is 13.0 Å². The number of nitrogens with zero attached hydrogens (tertiary/aromatic N) is 1. The lowest BCUT2D eigenvalue weighted by atomic mass is 9.99. The fourth-order valence-corrected chi connectivity index (χ4v) is 4.16. The molecule has 148 valence electrons. The Balaban J connectivity index is 0.00000338. The lowest BCUT2D eigenvalue weighted by Gasteiger charge is -2.30. The summed E-state index contributed by atoms with van der Waals surface area (Å²) in [6, 6.07) is 3.79. The molecule has 0 aromatic heterocycles. The second kappa shape index (κ2) is 10.1. The summed E-state index contributed by atoms with van der Waals surface area (Å²) in [6.07, 6.45) is 3.07. The first kappa shape index (κ1) is 22.7. The predicted octanol–water partition coefficient (Wildman–Crippen LogP) is 2.22. The molecule has 1 aliphatic rings.